The van der Waals surface area contributed by atoms with Gasteiger partial charge in [0.05, 0.1) is 29.9 Å². The van der Waals surface area contributed by atoms with Crippen molar-refractivity contribution in [3.63, 3.8) is 0 Å². The predicted octanol–water partition coefficient (Wildman–Crippen LogP) is 6.57. The second-order valence-corrected chi connectivity index (χ2v) is 11.0. The van der Waals surface area contributed by atoms with Gasteiger partial charge in [-0.15, -0.1) is 0 Å². The van der Waals surface area contributed by atoms with Gasteiger partial charge in [-0.25, -0.2) is 4.79 Å². The normalized spacial score (nSPS) is 16.9. The third kappa shape index (κ3) is 5.64. The number of carbonyl (C=O) groups is 3. The van der Waals surface area contributed by atoms with Gasteiger partial charge in [0.2, 0.25) is 0 Å². The Hall–Kier alpha value is -4.39. The van der Waals surface area contributed by atoms with E-state index in [0.29, 0.717) is 29.2 Å². The number of benzene rings is 3. The van der Waals surface area contributed by atoms with Crippen LogP contribution in [0.5, 0.6) is 5.75 Å². The van der Waals surface area contributed by atoms with Crippen LogP contribution in [0.25, 0.3) is 5.76 Å². The number of aliphatic hydroxyl groups is 1. The Labute approximate surface area is 235 Å². The molecule has 3 aromatic rings. The van der Waals surface area contributed by atoms with E-state index >= 15 is 0 Å². The van der Waals surface area contributed by atoms with Crippen molar-refractivity contribution >= 4 is 29.1 Å². The van der Waals surface area contributed by atoms with E-state index in [0.717, 1.165) is 5.56 Å². The first kappa shape index (κ1) is 28.6. The summed E-state index contributed by atoms with van der Waals surface area (Å²) >= 11 is 0. The maximum Gasteiger partial charge on any atom is 0.338 e. The number of nitrogens with zero attached hydrogens (tertiary/aromatic N) is 1. The molecule has 0 aliphatic carbocycles. The molecule has 1 saturated heterocycles. The number of Topliss-reactive ketones (excluding diaryl/α,β-unsaturated/α-hetero) is 1. The number of aliphatic hydroxyl groups excluding tert-OH is 1. The standard InChI is InChI=1S/C33H35NO6/c1-7-39-26-17-16-22(19-25(26)33(4,5)6)29(35)27-28(21-12-9-8-10-13-21)34(31(37)30(27)36)24-15-11-14-23(18-24)32(38)40-20(2)3/h8-20,28,35H,7H2,1-6H3/b29-27-. The summed E-state index contributed by atoms with van der Waals surface area (Å²) in [5.74, 6) is -1.73. The molecule has 4 rings (SSSR count). The second kappa shape index (κ2) is 11.4. The van der Waals surface area contributed by atoms with Crippen molar-refractivity contribution in [3.05, 3.63) is 101 Å². The van der Waals surface area contributed by atoms with Crippen LogP contribution in [0.1, 0.15) is 74.6 Å². The highest BCUT2D eigenvalue weighted by molar-refractivity contribution is 6.51. The van der Waals surface area contributed by atoms with Crippen LogP contribution < -0.4 is 9.64 Å². The van der Waals surface area contributed by atoms with Crippen LogP contribution in [0.4, 0.5) is 5.69 Å². The SMILES string of the molecule is CCOc1ccc(/C(O)=C2/C(=O)C(=O)N(c3cccc(C(=O)OC(C)C)c3)C2c2ccccc2)cc1C(C)(C)C. The summed E-state index contributed by atoms with van der Waals surface area (Å²) < 4.78 is 11.1. The summed E-state index contributed by atoms with van der Waals surface area (Å²) in [5, 5.41) is 11.6. The van der Waals surface area contributed by atoms with Crippen LogP contribution in [0.2, 0.25) is 0 Å². The van der Waals surface area contributed by atoms with Gasteiger partial charge >= 0.3 is 5.97 Å². The van der Waals surface area contributed by atoms with E-state index in [1.807, 2.05) is 33.8 Å². The molecule has 7 heteroatoms. The molecule has 1 unspecified atom stereocenters. The number of hydrogen-bond donors (Lipinski definition) is 1. The van der Waals surface area contributed by atoms with Crippen LogP contribution in [-0.4, -0.2) is 35.5 Å². The van der Waals surface area contributed by atoms with Gasteiger partial charge in [0.15, 0.2) is 0 Å². The number of esters is 1. The lowest BCUT2D eigenvalue weighted by atomic mass is 9.84. The third-order valence-electron chi connectivity index (χ3n) is 6.62. The van der Waals surface area contributed by atoms with Crippen molar-refractivity contribution in [3.8, 4) is 5.75 Å². The minimum atomic E-state index is -0.915. The van der Waals surface area contributed by atoms with Crippen molar-refractivity contribution < 1.29 is 29.0 Å². The first-order valence-corrected chi connectivity index (χ1v) is 13.4. The molecular formula is C33H35NO6. The van der Waals surface area contributed by atoms with Gasteiger partial charge in [-0.1, -0.05) is 57.2 Å². The van der Waals surface area contributed by atoms with Crippen LogP contribution in [0.15, 0.2) is 78.4 Å². The average molecular weight is 542 g/mol. The molecule has 0 radical (unpaired) electrons. The molecule has 1 aliphatic heterocycles. The zero-order valence-corrected chi connectivity index (χ0v) is 23.7. The van der Waals surface area contributed by atoms with Gasteiger partial charge in [0.25, 0.3) is 11.7 Å². The van der Waals surface area contributed by atoms with E-state index in [1.165, 1.54) is 11.0 Å². The van der Waals surface area contributed by atoms with Gasteiger partial charge in [0, 0.05) is 16.8 Å². The quantitative estimate of drug-likeness (QED) is 0.157. The Bertz CT molecular complexity index is 1470. The summed E-state index contributed by atoms with van der Waals surface area (Å²) in [5.41, 5.74) is 2.16. The Morgan fingerprint density at radius 1 is 0.950 bits per heavy atom. The van der Waals surface area contributed by atoms with Gasteiger partial charge in [-0.05, 0) is 68.1 Å². The Balaban J connectivity index is 1.90. The van der Waals surface area contributed by atoms with Gasteiger partial charge in [0.1, 0.15) is 11.5 Å². The summed E-state index contributed by atoms with van der Waals surface area (Å²) in [6.07, 6.45) is -0.318. The van der Waals surface area contributed by atoms with E-state index in [-0.39, 0.29) is 28.4 Å². The Morgan fingerprint density at radius 2 is 1.65 bits per heavy atom. The van der Waals surface area contributed by atoms with E-state index in [4.69, 9.17) is 9.47 Å². The van der Waals surface area contributed by atoms with Crippen LogP contribution in [0, 0.1) is 0 Å². The lowest BCUT2D eigenvalue weighted by molar-refractivity contribution is -0.132. The van der Waals surface area contributed by atoms with Crippen molar-refractivity contribution in [1.29, 1.82) is 0 Å². The van der Waals surface area contributed by atoms with Crippen molar-refractivity contribution in [2.24, 2.45) is 0 Å². The average Bonchev–Trinajstić information content (AvgIpc) is 3.18. The number of ether oxygens (including phenoxy) is 2. The van der Waals surface area contributed by atoms with Gasteiger partial charge in [-0.2, -0.15) is 0 Å². The summed E-state index contributed by atoms with van der Waals surface area (Å²) in [6.45, 7) is 12.0. The molecule has 208 valence electrons. The molecule has 40 heavy (non-hydrogen) atoms. The molecule has 1 amide bonds. The highest BCUT2D eigenvalue weighted by Gasteiger charge is 2.47. The topological polar surface area (TPSA) is 93.1 Å². The number of ketones is 1. The van der Waals surface area contributed by atoms with Gasteiger partial charge in [-0.3, -0.25) is 14.5 Å². The fraction of sp³-hybridized carbons (Fsp3) is 0.303. The van der Waals surface area contributed by atoms with E-state index in [2.05, 4.69) is 0 Å². The largest absolute Gasteiger partial charge is 0.507 e. The first-order chi connectivity index (χ1) is 18.9. The molecule has 1 aliphatic rings. The zero-order chi connectivity index (χ0) is 29.2. The second-order valence-electron chi connectivity index (χ2n) is 11.0. The summed E-state index contributed by atoms with van der Waals surface area (Å²) in [4.78, 5) is 41.1. The highest BCUT2D eigenvalue weighted by Crippen LogP contribution is 2.43. The number of hydrogen-bond acceptors (Lipinski definition) is 6. The minimum absolute atomic E-state index is 0.0321. The highest BCUT2D eigenvalue weighted by atomic mass is 16.5. The maximum atomic E-state index is 13.6. The number of carbonyl (C=O) groups excluding carboxylic acids is 3. The smallest absolute Gasteiger partial charge is 0.338 e. The molecule has 1 fully saturated rings. The molecule has 7 nitrogen and oxygen atoms in total. The fourth-order valence-corrected chi connectivity index (χ4v) is 4.81. The first-order valence-electron chi connectivity index (χ1n) is 13.4. The Kier molecular flexibility index (Phi) is 8.14. The fourth-order valence-electron chi connectivity index (χ4n) is 4.81. The summed E-state index contributed by atoms with van der Waals surface area (Å²) in [7, 11) is 0. The molecule has 0 spiro atoms. The monoisotopic (exact) mass is 541 g/mol. The molecule has 0 aromatic heterocycles. The van der Waals surface area contributed by atoms with Crippen LogP contribution >= 0.6 is 0 Å². The third-order valence-corrected chi connectivity index (χ3v) is 6.62. The van der Waals surface area contributed by atoms with E-state index in [9.17, 15) is 19.5 Å². The Morgan fingerprint density at radius 3 is 2.27 bits per heavy atom. The van der Waals surface area contributed by atoms with Crippen molar-refractivity contribution in [1.82, 2.24) is 0 Å². The predicted molar refractivity (Wildman–Crippen MR) is 155 cm³/mol. The molecule has 1 N–H and O–H groups in total. The molecule has 1 heterocycles. The van der Waals surface area contributed by atoms with Crippen LogP contribution in [-0.2, 0) is 19.7 Å². The molecule has 0 bridgehead atoms. The molecular weight excluding hydrogens is 506 g/mol. The molecule has 3 aromatic carbocycles. The lowest BCUT2D eigenvalue weighted by Crippen LogP contribution is -2.29. The molecule has 1 atom stereocenters. The van der Waals surface area contributed by atoms with Gasteiger partial charge < -0.3 is 14.6 Å². The molecule has 0 saturated carbocycles. The minimum Gasteiger partial charge on any atom is -0.507 e. The zero-order valence-electron chi connectivity index (χ0n) is 23.7. The summed E-state index contributed by atoms with van der Waals surface area (Å²) in [6, 6.07) is 19.8. The maximum absolute atomic E-state index is 13.6. The number of amides is 1. The van der Waals surface area contributed by atoms with Crippen LogP contribution in [0.3, 0.4) is 0 Å². The van der Waals surface area contributed by atoms with Crippen molar-refractivity contribution in [2.45, 2.75) is 59.1 Å². The number of anilines is 1. The van der Waals surface area contributed by atoms with E-state index < -0.39 is 23.7 Å². The lowest BCUT2D eigenvalue weighted by Gasteiger charge is -2.26. The number of rotatable bonds is 7. The van der Waals surface area contributed by atoms with Crippen molar-refractivity contribution in [2.75, 3.05) is 11.5 Å². The van der Waals surface area contributed by atoms with E-state index in [1.54, 1.807) is 74.5 Å².